The molecule has 0 saturated heterocycles. The summed E-state index contributed by atoms with van der Waals surface area (Å²) in [5.74, 6) is 0.272. The van der Waals surface area contributed by atoms with Crippen molar-refractivity contribution in [1.29, 1.82) is 0 Å². The average molecular weight is 318 g/mol. The number of halogens is 1. The summed E-state index contributed by atoms with van der Waals surface area (Å²) in [5.41, 5.74) is 1.84. The summed E-state index contributed by atoms with van der Waals surface area (Å²) in [4.78, 5) is 0. The largest absolute Gasteiger partial charge is 0.508 e. The van der Waals surface area contributed by atoms with Crippen molar-refractivity contribution < 1.29 is 5.11 Å². The lowest BCUT2D eigenvalue weighted by atomic mass is 10.1. The van der Waals surface area contributed by atoms with Gasteiger partial charge in [-0.05, 0) is 40.2 Å². The fourth-order valence-electron chi connectivity index (χ4n) is 1.19. The van der Waals surface area contributed by atoms with E-state index in [9.17, 15) is 5.11 Å². The number of hydrogen-bond donors (Lipinski definition) is 1. The van der Waals surface area contributed by atoms with E-state index < -0.39 is 0 Å². The van der Waals surface area contributed by atoms with Gasteiger partial charge in [-0.3, -0.25) is 0 Å². The number of phenolic OH excluding ortho intramolecular Hbond substituents is 1. The van der Waals surface area contributed by atoms with Gasteiger partial charge < -0.3 is 5.11 Å². The number of aromatic nitrogens is 2. The van der Waals surface area contributed by atoms with E-state index in [1.165, 1.54) is 0 Å². The lowest BCUT2D eigenvalue weighted by molar-refractivity contribution is 0.475. The molecule has 0 spiro atoms. The Morgan fingerprint density at radius 1 is 1.36 bits per heavy atom. The van der Waals surface area contributed by atoms with E-state index in [2.05, 4.69) is 27.1 Å². The van der Waals surface area contributed by atoms with Crippen molar-refractivity contribution in [1.82, 2.24) is 9.55 Å². The Bertz CT molecular complexity index is 444. The highest BCUT2D eigenvalue weighted by Gasteiger charge is 2.01. The van der Waals surface area contributed by atoms with E-state index in [0.717, 1.165) is 11.3 Å². The molecule has 3 nitrogen and oxygen atoms in total. The van der Waals surface area contributed by atoms with Gasteiger partial charge >= 0.3 is 0 Å². The van der Waals surface area contributed by atoms with Crippen molar-refractivity contribution in [3.63, 3.8) is 0 Å². The molecule has 0 fully saturated rings. The summed E-state index contributed by atoms with van der Waals surface area (Å²) in [5, 5.41) is 13.7. The molecule has 1 heterocycles. The Labute approximate surface area is 96.5 Å². The molecule has 0 saturated carbocycles. The highest BCUT2D eigenvalue weighted by atomic mass is 127. The van der Waals surface area contributed by atoms with Crippen molar-refractivity contribution in [2.45, 2.75) is 0 Å². The van der Waals surface area contributed by atoms with E-state index in [-0.39, 0.29) is 5.75 Å². The third kappa shape index (κ3) is 2.07. The second-order valence-corrected chi connectivity index (χ2v) is 4.85. The highest BCUT2D eigenvalue weighted by molar-refractivity contribution is 14.2. The molecular weight excluding hydrogens is 310 g/mol. The van der Waals surface area contributed by atoms with Crippen molar-refractivity contribution >= 4 is 28.4 Å². The minimum Gasteiger partial charge on any atom is -0.508 e. The van der Waals surface area contributed by atoms with Crippen LogP contribution < -0.4 is 0 Å². The Morgan fingerprint density at radius 3 is 2.86 bits per heavy atom. The molecule has 2 rings (SSSR count). The van der Waals surface area contributed by atoms with Crippen LogP contribution in [0.4, 0.5) is 0 Å². The molecule has 0 aliphatic rings. The zero-order chi connectivity index (χ0) is 9.97. The van der Waals surface area contributed by atoms with Crippen LogP contribution in [0.1, 0.15) is 0 Å². The Morgan fingerprint density at radius 2 is 2.21 bits per heavy atom. The smallest absolute Gasteiger partial charge is 0.116 e. The van der Waals surface area contributed by atoms with Gasteiger partial charge in [-0.1, -0.05) is 12.1 Å². The first kappa shape index (κ1) is 9.93. The fraction of sp³-hybridized carbons (Fsp3) is 0. The van der Waals surface area contributed by atoms with Crippen LogP contribution in [0.15, 0.2) is 36.5 Å². The molecule has 0 bridgehead atoms. The van der Waals surface area contributed by atoms with E-state index in [4.69, 9.17) is 0 Å². The second kappa shape index (κ2) is 4.28. The molecule has 2 aromatic rings. The van der Waals surface area contributed by atoms with Gasteiger partial charge in [0, 0.05) is 11.8 Å². The number of phenols is 1. The SMILES string of the molecule is Oc1cccc(-c2ccn(PI)n2)c1. The standard InChI is InChI=1S/C9H8IN2OP/c10-14-12-5-4-9(11-12)7-2-1-3-8(13)6-7/h1-6,13-14H. The maximum atomic E-state index is 9.30. The molecule has 72 valence electrons. The molecule has 14 heavy (non-hydrogen) atoms. The summed E-state index contributed by atoms with van der Waals surface area (Å²) in [6.45, 7) is 0. The van der Waals surface area contributed by atoms with Crippen molar-refractivity contribution in [2.24, 2.45) is 0 Å². The van der Waals surface area contributed by atoms with E-state index in [1.807, 2.05) is 28.8 Å². The van der Waals surface area contributed by atoms with Crippen LogP contribution in [0, 0.1) is 0 Å². The molecule has 1 atom stereocenters. The zero-order valence-electron chi connectivity index (χ0n) is 7.18. The topological polar surface area (TPSA) is 38.0 Å². The predicted octanol–water partition coefficient (Wildman–Crippen LogP) is 3.05. The lowest BCUT2D eigenvalue weighted by Gasteiger charge is -1.97. The number of aromatic hydroxyl groups is 1. The number of nitrogens with zero attached hydrogens (tertiary/aromatic N) is 2. The van der Waals surface area contributed by atoms with Crippen LogP contribution in [0.3, 0.4) is 0 Å². The van der Waals surface area contributed by atoms with E-state index in [1.54, 1.807) is 12.1 Å². The molecule has 0 radical (unpaired) electrons. The summed E-state index contributed by atoms with van der Waals surface area (Å²) in [6.07, 6.45) is 2.54. The average Bonchev–Trinajstić information content (AvgIpc) is 2.66. The first-order chi connectivity index (χ1) is 6.79. The Hall–Kier alpha value is -0.610. The van der Waals surface area contributed by atoms with Crippen molar-refractivity contribution in [3.8, 4) is 17.0 Å². The maximum absolute atomic E-state index is 9.30. The fourth-order valence-corrected chi connectivity index (χ4v) is 2.27. The van der Waals surface area contributed by atoms with Crippen molar-refractivity contribution in [2.75, 3.05) is 0 Å². The monoisotopic (exact) mass is 318 g/mol. The van der Waals surface area contributed by atoms with Gasteiger partial charge in [0.1, 0.15) is 5.75 Å². The minimum atomic E-state index is 0.272. The normalized spacial score (nSPS) is 11.2. The van der Waals surface area contributed by atoms with Crippen LogP contribution in [0.5, 0.6) is 5.75 Å². The van der Waals surface area contributed by atoms with Crippen molar-refractivity contribution in [3.05, 3.63) is 36.5 Å². The van der Waals surface area contributed by atoms with Gasteiger partial charge in [-0.2, -0.15) is 5.10 Å². The maximum Gasteiger partial charge on any atom is 0.116 e. The summed E-state index contributed by atoms with van der Waals surface area (Å²) in [7, 11) is 0. The first-order valence-electron chi connectivity index (χ1n) is 4.01. The molecule has 1 N–H and O–H groups in total. The van der Waals surface area contributed by atoms with Gasteiger partial charge in [0.15, 0.2) is 0 Å². The number of rotatable bonds is 2. The third-order valence-corrected chi connectivity index (χ3v) is 3.72. The number of hydrogen-bond acceptors (Lipinski definition) is 2. The van der Waals surface area contributed by atoms with E-state index >= 15 is 0 Å². The summed E-state index contributed by atoms with van der Waals surface area (Å²) in [6, 6.07) is 9.06. The zero-order valence-corrected chi connectivity index (χ0v) is 10.3. The second-order valence-electron chi connectivity index (χ2n) is 2.78. The predicted molar refractivity (Wildman–Crippen MR) is 67.1 cm³/mol. The quantitative estimate of drug-likeness (QED) is 0.683. The molecular formula is C9H8IN2OP. The van der Waals surface area contributed by atoms with Gasteiger partial charge in [-0.25, -0.2) is 4.45 Å². The lowest BCUT2D eigenvalue weighted by Crippen LogP contribution is -1.82. The molecule has 1 aromatic carbocycles. The summed E-state index contributed by atoms with van der Waals surface area (Å²) < 4.78 is 1.87. The Balaban J connectivity index is 2.39. The summed E-state index contributed by atoms with van der Waals surface area (Å²) >= 11 is 2.27. The first-order valence-corrected chi connectivity index (χ1v) is 8.07. The molecule has 5 heteroatoms. The van der Waals surface area contributed by atoms with Crippen LogP contribution in [-0.2, 0) is 0 Å². The third-order valence-electron chi connectivity index (χ3n) is 1.82. The van der Waals surface area contributed by atoms with Crippen LogP contribution in [0.25, 0.3) is 11.3 Å². The van der Waals surface area contributed by atoms with Gasteiger partial charge in [-0.15, -0.1) is 0 Å². The molecule has 0 aliphatic heterocycles. The highest BCUT2D eigenvalue weighted by Crippen LogP contribution is 2.26. The van der Waals surface area contributed by atoms with Crippen LogP contribution in [0.2, 0.25) is 0 Å². The van der Waals surface area contributed by atoms with Gasteiger partial charge in [0.25, 0.3) is 0 Å². The van der Waals surface area contributed by atoms with E-state index in [0.29, 0.717) is 6.37 Å². The molecule has 1 unspecified atom stereocenters. The van der Waals surface area contributed by atoms with Crippen LogP contribution >= 0.6 is 28.4 Å². The molecule has 1 aromatic heterocycles. The number of benzene rings is 1. The van der Waals surface area contributed by atoms with Crippen LogP contribution in [-0.4, -0.2) is 14.7 Å². The van der Waals surface area contributed by atoms with Gasteiger partial charge in [0.05, 0.1) is 12.1 Å². The van der Waals surface area contributed by atoms with Gasteiger partial charge in [0.2, 0.25) is 0 Å². The molecule has 0 amide bonds. The Kier molecular flexibility index (Phi) is 3.03. The minimum absolute atomic E-state index is 0.272. The molecule has 0 aliphatic carbocycles.